The summed E-state index contributed by atoms with van der Waals surface area (Å²) in [6.07, 6.45) is 7.13. The third-order valence-electron chi connectivity index (χ3n) is 1.29. The first-order valence-corrected chi connectivity index (χ1v) is 2.75. The molecule has 2 aliphatic rings. The largest absolute Gasteiger partial charge is 0.478 e. The van der Waals surface area contributed by atoms with E-state index >= 15 is 0 Å². The highest BCUT2D eigenvalue weighted by Gasteiger charge is 2.12. The molecular weight excluding hydrogens is 116 g/mol. The van der Waals surface area contributed by atoms with E-state index < -0.39 is 0 Å². The molecular formula is C6H6N2O. The molecule has 0 bridgehead atoms. The van der Waals surface area contributed by atoms with Crippen LogP contribution in [0.5, 0.6) is 0 Å². The highest BCUT2D eigenvalue weighted by Crippen LogP contribution is 2.13. The SMILES string of the molecule is C1=CC2=COCN2C=N1. The van der Waals surface area contributed by atoms with Crippen molar-refractivity contribution in [3.63, 3.8) is 0 Å². The van der Waals surface area contributed by atoms with Gasteiger partial charge in [0.15, 0.2) is 6.73 Å². The Kier molecular flexibility index (Phi) is 0.828. The second-order valence-corrected chi connectivity index (χ2v) is 1.89. The highest BCUT2D eigenvalue weighted by atomic mass is 16.5. The number of allylic oxidation sites excluding steroid dienone is 1. The Morgan fingerprint density at radius 3 is 3.56 bits per heavy atom. The van der Waals surface area contributed by atoms with E-state index in [1.165, 1.54) is 0 Å². The molecule has 0 aromatic rings. The molecule has 0 aromatic carbocycles. The Hall–Kier alpha value is -1.25. The maximum atomic E-state index is 5.01. The van der Waals surface area contributed by atoms with Crippen LogP contribution in [0.1, 0.15) is 0 Å². The molecule has 0 unspecified atom stereocenters. The summed E-state index contributed by atoms with van der Waals surface area (Å²) in [5.74, 6) is 0. The number of fused-ring (bicyclic) bond motifs is 1. The minimum absolute atomic E-state index is 0.600. The fourth-order valence-corrected chi connectivity index (χ4v) is 0.819. The molecule has 3 nitrogen and oxygen atoms in total. The summed E-state index contributed by atoms with van der Waals surface area (Å²) in [7, 11) is 0. The van der Waals surface area contributed by atoms with Gasteiger partial charge in [-0.05, 0) is 6.08 Å². The predicted octanol–water partition coefficient (Wildman–Crippen LogP) is 0.673. The lowest BCUT2D eigenvalue weighted by molar-refractivity contribution is 0.217. The van der Waals surface area contributed by atoms with Gasteiger partial charge in [-0.2, -0.15) is 0 Å². The standard InChI is InChI=1S/C6H6N2O/c1-2-7-4-8-5-9-3-6(1)8/h1-4H,5H2. The van der Waals surface area contributed by atoms with Gasteiger partial charge in [-0.1, -0.05) is 0 Å². The molecule has 0 fully saturated rings. The number of ether oxygens (including phenoxy) is 1. The van der Waals surface area contributed by atoms with Crippen LogP contribution in [0.25, 0.3) is 0 Å². The summed E-state index contributed by atoms with van der Waals surface area (Å²) in [6, 6.07) is 0. The zero-order valence-corrected chi connectivity index (χ0v) is 4.82. The second kappa shape index (κ2) is 1.62. The number of hydrogen-bond acceptors (Lipinski definition) is 3. The first kappa shape index (κ1) is 4.61. The van der Waals surface area contributed by atoms with Gasteiger partial charge in [0, 0.05) is 6.20 Å². The summed E-state index contributed by atoms with van der Waals surface area (Å²) in [6.45, 7) is 0.600. The van der Waals surface area contributed by atoms with Gasteiger partial charge in [0.2, 0.25) is 0 Å². The van der Waals surface area contributed by atoms with Gasteiger partial charge in [0.25, 0.3) is 0 Å². The Morgan fingerprint density at radius 1 is 1.67 bits per heavy atom. The fraction of sp³-hybridized carbons (Fsp3) is 0.167. The average molecular weight is 122 g/mol. The van der Waals surface area contributed by atoms with Crippen molar-refractivity contribution in [1.82, 2.24) is 4.90 Å². The molecule has 0 N–H and O–H groups in total. The summed E-state index contributed by atoms with van der Waals surface area (Å²) in [5.41, 5.74) is 1.07. The molecule has 0 spiro atoms. The number of hydrogen-bond donors (Lipinski definition) is 0. The van der Waals surface area contributed by atoms with Gasteiger partial charge in [0.05, 0.1) is 12.0 Å². The maximum absolute atomic E-state index is 5.01. The molecule has 9 heavy (non-hydrogen) atoms. The maximum Gasteiger partial charge on any atom is 0.165 e. The summed E-state index contributed by atoms with van der Waals surface area (Å²) >= 11 is 0. The third-order valence-corrected chi connectivity index (χ3v) is 1.29. The van der Waals surface area contributed by atoms with E-state index in [2.05, 4.69) is 4.99 Å². The van der Waals surface area contributed by atoms with E-state index in [-0.39, 0.29) is 0 Å². The van der Waals surface area contributed by atoms with Crippen LogP contribution in [0.3, 0.4) is 0 Å². The minimum atomic E-state index is 0.600. The van der Waals surface area contributed by atoms with Crippen molar-refractivity contribution in [3.05, 3.63) is 24.2 Å². The molecule has 2 heterocycles. The number of aliphatic imine (C=N–C) groups is 1. The van der Waals surface area contributed by atoms with Crippen molar-refractivity contribution < 1.29 is 4.74 Å². The Morgan fingerprint density at radius 2 is 2.67 bits per heavy atom. The molecule has 0 saturated carbocycles. The molecule has 0 amide bonds. The fourth-order valence-electron chi connectivity index (χ4n) is 0.819. The lowest BCUT2D eigenvalue weighted by Gasteiger charge is -2.12. The van der Waals surface area contributed by atoms with Crippen LogP contribution in [0.4, 0.5) is 0 Å². The molecule has 0 aromatic heterocycles. The van der Waals surface area contributed by atoms with E-state index in [0.29, 0.717) is 6.73 Å². The first-order chi connectivity index (χ1) is 4.47. The van der Waals surface area contributed by atoms with E-state index in [0.717, 1.165) is 5.70 Å². The molecule has 46 valence electrons. The molecule has 0 radical (unpaired) electrons. The quantitative estimate of drug-likeness (QED) is 0.471. The van der Waals surface area contributed by atoms with Crippen LogP contribution < -0.4 is 0 Å². The van der Waals surface area contributed by atoms with Crippen molar-refractivity contribution in [2.24, 2.45) is 4.99 Å². The number of nitrogens with zero attached hydrogens (tertiary/aromatic N) is 2. The molecule has 0 saturated heterocycles. The molecule has 0 atom stereocenters. The van der Waals surface area contributed by atoms with E-state index in [4.69, 9.17) is 4.74 Å². The van der Waals surface area contributed by atoms with Crippen LogP contribution in [0.2, 0.25) is 0 Å². The molecule has 3 heteroatoms. The van der Waals surface area contributed by atoms with Crippen molar-refractivity contribution in [2.45, 2.75) is 0 Å². The van der Waals surface area contributed by atoms with Crippen molar-refractivity contribution in [2.75, 3.05) is 6.73 Å². The van der Waals surface area contributed by atoms with Crippen molar-refractivity contribution in [1.29, 1.82) is 0 Å². The van der Waals surface area contributed by atoms with Gasteiger partial charge in [0.1, 0.15) is 6.26 Å². The normalized spacial score (nSPS) is 21.3. The van der Waals surface area contributed by atoms with Crippen molar-refractivity contribution in [3.8, 4) is 0 Å². The van der Waals surface area contributed by atoms with Crippen LogP contribution in [-0.2, 0) is 4.74 Å². The lowest BCUT2D eigenvalue weighted by atomic mass is 10.4. The first-order valence-electron chi connectivity index (χ1n) is 2.75. The predicted molar refractivity (Wildman–Crippen MR) is 33.5 cm³/mol. The van der Waals surface area contributed by atoms with Crippen LogP contribution >= 0.6 is 0 Å². The van der Waals surface area contributed by atoms with E-state index in [1.807, 2.05) is 11.0 Å². The van der Waals surface area contributed by atoms with E-state index in [1.54, 1.807) is 18.8 Å². The van der Waals surface area contributed by atoms with Gasteiger partial charge in [-0.15, -0.1) is 0 Å². The Bertz CT molecular complexity index is 202. The van der Waals surface area contributed by atoms with Crippen molar-refractivity contribution >= 4 is 6.34 Å². The molecule has 2 aliphatic heterocycles. The monoisotopic (exact) mass is 122 g/mol. The smallest absolute Gasteiger partial charge is 0.165 e. The topological polar surface area (TPSA) is 24.8 Å². The van der Waals surface area contributed by atoms with Crippen LogP contribution in [-0.4, -0.2) is 18.0 Å². The Balaban J connectivity index is 2.33. The zero-order valence-electron chi connectivity index (χ0n) is 4.82. The summed E-state index contributed by atoms with van der Waals surface area (Å²) in [4.78, 5) is 5.85. The molecule has 2 rings (SSSR count). The van der Waals surface area contributed by atoms with Crippen LogP contribution in [0, 0.1) is 0 Å². The van der Waals surface area contributed by atoms with Gasteiger partial charge in [-0.3, -0.25) is 4.90 Å². The number of rotatable bonds is 0. The molecule has 0 aliphatic carbocycles. The summed E-state index contributed by atoms with van der Waals surface area (Å²) < 4.78 is 5.01. The van der Waals surface area contributed by atoms with Crippen LogP contribution in [0.15, 0.2) is 29.2 Å². The average Bonchev–Trinajstić information content (AvgIpc) is 2.33. The van der Waals surface area contributed by atoms with Gasteiger partial charge >= 0.3 is 0 Å². The van der Waals surface area contributed by atoms with Gasteiger partial charge in [-0.25, -0.2) is 4.99 Å². The highest BCUT2D eigenvalue weighted by molar-refractivity contribution is 5.62. The Labute approximate surface area is 52.9 Å². The summed E-state index contributed by atoms with van der Waals surface area (Å²) in [5, 5.41) is 0. The third kappa shape index (κ3) is 0.614. The zero-order chi connectivity index (χ0) is 6.10. The van der Waals surface area contributed by atoms with Gasteiger partial charge < -0.3 is 4.74 Å². The van der Waals surface area contributed by atoms with E-state index in [9.17, 15) is 0 Å². The minimum Gasteiger partial charge on any atom is -0.478 e. The lowest BCUT2D eigenvalue weighted by Crippen LogP contribution is -2.18. The second-order valence-electron chi connectivity index (χ2n) is 1.89.